The number of methoxy groups -OCH3 is 1. The van der Waals surface area contributed by atoms with Gasteiger partial charge < -0.3 is 19.7 Å². The Morgan fingerprint density at radius 1 is 0.974 bits per heavy atom. The van der Waals surface area contributed by atoms with Crippen LogP contribution in [0.15, 0.2) is 48.5 Å². The molecule has 9 nitrogen and oxygen atoms in total. The Bertz CT molecular complexity index is 1180. The van der Waals surface area contributed by atoms with Crippen molar-refractivity contribution in [3.05, 3.63) is 54.1 Å². The molecule has 214 valence electrons. The molecule has 1 unspecified atom stereocenters. The summed E-state index contributed by atoms with van der Waals surface area (Å²) in [5.41, 5.74) is 1.15. The number of carbonyl (C=O) groups excluding carboxylic acids is 2. The molecule has 1 saturated carbocycles. The van der Waals surface area contributed by atoms with Crippen molar-refractivity contribution in [2.75, 3.05) is 30.8 Å². The van der Waals surface area contributed by atoms with E-state index in [1.165, 1.54) is 11.3 Å². The summed E-state index contributed by atoms with van der Waals surface area (Å²) in [6, 6.07) is 13.2. The van der Waals surface area contributed by atoms with Gasteiger partial charge in [0.1, 0.15) is 24.1 Å². The molecule has 39 heavy (non-hydrogen) atoms. The average molecular weight is 560 g/mol. The molecule has 1 aliphatic carbocycles. The highest BCUT2D eigenvalue weighted by molar-refractivity contribution is 7.92. The summed E-state index contributed by atoms with van der Waals surface area (Å²) in [4.78, 5) is 28.8. The van der Waals surface area contributed by atoms with E-state index >= 15 is 0 Å². The van der Waals surface area contributed by atoms with Gasteiger partial charge in [0, 0.05) is 12.6 Å². The van der Waals surface area contributed by atoms with Crippen molar-refractivity contribution in [2.24, 2.45) is 0 Å². The second-order valence-electron chi connectivity index (χ2n) is 9.83. The SMILES string of the molecule is CCOc1ccc(N(CC(=O)N(Cc2ccc(OC)cc2)C(CC)C(=O)NC2CCCCC2)S(C)(=O)=O)cc1. The number of hydrogen-bond donors (Lipinski definition) is 1. The largest absolute Gasteiger partial charge is 0.497 e. The third kappa shape index (κ3) is 8.61. The average Bonchev–Trinajstić information content (AvgIpc) is 2.92. The van der Waals surface area contributed by atoms with E-state index in [1.54, 1.807) is 43.5 Å². The first kappa shape index (κ1) is 30.3. The minimum Gasteiger partial charge on any atom is -0.497 e. The number of ether oxygens (including phenoxy) is 2. The predicted octanol–water partition coefficient (Wildman–Crippen LogP) is 4.12. The van der Waals surface area contributed by atoms with Crippen LogP contribution in [0.5, 0.6) is 11.5 Å². The molecule has 0 aromatic heterocycles. The Kier molecular flexibility index (Phi) is 11.0. The van der Waals surface area contributed by atoms with Crippen molar-refractivity contribution >= 4 is 27.5 Å². The lowest BCUT2D eigenvalue weighted by molar-refractivity contribution is -0.140. The van der Waals surface area contributed by atoms with Gasteiger partial charge in [-0.25, -0.2) is 8.42 Å². The summed E-state index contributed by atoms with van der Waals surface area (Å²) in [5.74, 6) is 0.610. The Labute approximate surface area is 232 Å². The van der Waals surface area contributed by atoms with Crippen LogP contribution in [0.3, 0.4) is 0 Å². The fourth-order valence-electron chi connectivity index (χ4n) is 4.88. The van der Waals surface area contributed by atoms with Crippen molar-refractivity contribution in [3.63, 3.8) is 0 Å². The highest BCUT2D eigenvalue weighted by Crippen LogP contribution is 2.24. The third-order valence-electron chi connectivity index (χ3n) is 6.96. The molecule has 0 radical (unpaired) electrons. The summed E-state index contributed by atoms with van der Waals surface area (Å²) < 4.78 is 37.4. The zero-order chi connectivity index (χ0) is 28.4. The third-order valence-corrected chi connectivity index (χ3v) is 8.10. The second-order valence-corrected chi connectivity index (χ2v) is 11.7. The minimum atomic E-state index is -3.80. The van der Waals surface area contributed by atoms with Gasteiger partial charge in [-0.05, 0) is 68.1 Å². The highest BCUT2D eigenvalue weighted by atomic mass is 32.2. The van der Waals surface area contributed by atoms with Crippen LogP contribution in [0.2, 0.25) is 0 Å². The van der Waals surface area contributed by atoms with Gasteiger partial charge in [-0.15, -0.1) is 0 Å². The Morgan fingerprint density at radius 2 is 1.59 bits per heavy atom. The zero-order valence-electron chi connectivity index (χ0n) is 23.4. The monoisotopic (exact) mass is 559 g/mol. The topological polar surface area (TPSA) is 105 Å². The van der Waals surface area contributed by atoms with Crippen LogP contribution in [-0.2, 0) is 26.2 Å². The van der Waals surface area contributed by atoms with Crippen molar-refractivity contribution in [1.29, 1.82) is 0 Å². The Hall–Kier alpha value is -3.27. The van der Waals surface area contributed by atoms with Crippen molar-refractivity contribution in [3.8, 4) is 11.5 Å². The molecule has 1 fully saturated rings. The molecule has 0 spiro atoms. The van der Waals surface area contributed by atoms with Crippen LogP contribution in [-0.4, -0.2) is 63.7 Å². The van der Waals surface area contributed by atoms with Gasteiger partial charge in [0.2, 0.25) is 21.8 Å². The smallest absolute Gasteiger partial charge is 0.244 e. The summed E-state index contributed by atoms with van der Waals surface area (Å²) in [7, 11) is -2.22. The molecular formula is C29H41N3O6S. The fraction of sp³-hybridized carbons (Fsp3) is 0.517. The van der Waals surface area contributed by atoms with E-state index in [2.05, 4.69) is 5.32 Å². The first-order valence-electron chi connectivity index (χ1n) is 13.6. The number of amides is 2. The highest BCUT2D eigenvalue weighted by Gasteiger charge is 2.32. The maximum atomic E-state index is 13.9. The lowest BCUT2D eigenvalue weighted by Crippen LogP contribution is -2.53. The minimum absolute atomic E-state index is 0.0922. The van der Waals surface area contributed by atoms with Crippen LogP contribution in [0.1, 0.15) is 57.9 Å². The van der Waals surface area contributed by atoms with Crippen LogP contribution >= 0.6 is 0 Å². The van der Waals surface area contributed by atoms with E-state index in [0.29, 0.717) is 30.2 Å². The standard InChI is InChI=1S/C29H41N3O6S/c1-5-27(29(34)30-23-10-8-7-9-11-23)31(20-22-12-16-25(37-3)17-13-22)28(33)21-32(39(4,35)36)24-14-18-26(19-15-24)38-6-2/h12-19,23,27H,5-11,20-21H2,1-4H3,(H,30,34). The van der Waals surface area contributed by atoms with Gasteiger partial charge in [-0.3, -0.25) is 13.9 Å². The molecule has 2 aromatic carbocycles. The van der Waals surface area contributed by atoms with E-state index in [-0.39, 0.29) is 18.5 Å². The Morgan fingerprint density at radius 3 is 2.13 bits per heavy atom. The predicted molar refractivity (Wildman–Crippen MR) is 152 cm³/mol. The molecule has 10 heteroatoms. The van der Waals surface area contributed by atoms with Gasteiger partial charge in [0.15, 0.2) is 0 Å². The molecule has 1 aliphatic rings. The van der Waals surface area contributed by atoms with Crippen molar-refractivity contribution in [1.82, 2.24) is 10.2 Å². The summed E-state index contributed by atoms with van der Waals surface area (Å²) >= 11 is 0. The van der Waals surface area contributed by atoms with Crippen LogP contribution in [0, 0.1) is 0 Å². The quantitative estimate of drug-likeness (QED) is 0.396. The first-order valence-corrected chi connectivity index (χ1v) is 15.4. The molecule has 0 bridgehead atoms. The summed E-state index contributed by atoms with van der Waals surface area (Å²) in [6.07, 6.45) is 6.62. The molecule has 3 rings (SSSR count). The maximum absolute atomic E-state index is 13.9. The number of rotatable bonds is 13. The second kappa shape index (κ2) is 14.2. The van der Waals surface area contributed by atoms with Gasteiger partial charge in [0.05, 0.1) is 25.7 Å². The number of benzene rings is 2. The lowest BCUT2D eigenvalue weighted by Gasteiger charge is -2.34. The van der Waals surface area contributed by atoms with Gasteiger partial charge in [0.25, 0.3) is 0 Å². The van der Waals surface area contributed by atoms with E-state index in [0.717, 1.165) is 41.8 Å². The van der Waals surface area contributed by atoms with Crippen LogP contribution in [0.4, 0.5) is 5.69 Å². The Balaban J connectivity index is 1.89. The number of carbonyl (C=O) groups is 2. The maximum Gasteiger partial charge on any atom is 0.244 e. The zero-order valence-corrected chi connectivity index (χ0v) is 24.2. The van der Waals surface area contributed by atoms with E-state index in [9.17, 15) is 18.0 Å². The van der Waals surface area contributed by atoms with Gasteiger partial charge >= 0.3 is 0 Å². The number of sulfonamides is 1. The first-order chi connectivity index (χ1) is 18.7. The number of nitrogens with zero attached hydrogens (tertiary/aromatic N) is 2. The lowest BCUT2D eigenvalue weighted by atomic mass is 9.95. The summed E-state index contributed by atoms with van der Waals surface area (Å²) in [6.45, 7) is 3.92. The van der Waals surface area contributed by atoms with Crippen molar-refractivity contribution in [2.45, 2.75) is 71.0 Å². The molecule has 2 amide bonds. The molecule has 0 aliphatic heterocycles. The normalized spacial score (nSPS) is 14.8. The molecule has 0 saturated heterocycles. The molecule has 1 N–H and O–H groups in total. The van der Waals surface area contributed by atoms with Crippen molar-refractivity contribution < 1.29 is 27.5 Å². The molecule has 2 aromatic rings. The number of hydrogen-bond acceptors (Lipinski definition) is 6. The van der Waals surface area contributed by atoms with E-state index in [4.69, 9.17) is 9.47 Å². The molecule has 1 atom stereocenters. The van der Waals surface area contributed by atoms with E-state index in [1.807, 2.05) is 26.0 Å². The number of nitrogens with one attached hydrogen (secondary N) is 1. The van der Waals surface area contributed by atoms with Gasteiger partial charge in [-0.2, -0.15) is 0 Å². The molecular weight excluding hydrogens is 518 g/mol. The van der Waals surface area contributed by atoms with E-state index < -0.39 is 28.5 Å². The van der Waals surface area contributed by atoms with Crippen LogP contribution < -0.4 is 19.1 Å². The van der Waals surface area contributed by atoms with Gasteiger partial charge in [-0.1, -0.05) is 38.3 Å². The summed E-state index contributed by atoms with van der Waals surface area (Å²) in [5, 5.41) is 3.14. The van der Waals surface area contributed by atoms with Crippen LogP contribution in [0.25, 0.3) is 0 Å². The fourth-order valence-corrected chi connectivity index (χ4v) is 5.73. The number of anilines is 1. The molecule has 0 heterocycles.